The van der Waals surface area contributed by atoms with Crippen molar-refractivity contribution in [3.63, 3.8) is 0 Å². The molecule has 4 N–H and O–H groups in total. The lowest BCUT2D eigenvalue weighted by molar-refractivity contribution is 0.0225. The Labute approximate surface area is 172 Å². The Bertz CT molecular complexity index is 1170. The van der Waals surface area contributed by atoms with Crippen molar-refractivity contribution in [2.24, 2.45) is 0 Å². The number of hydrogen-bond donors (Lipinski definition) is 3. The average Bonchev–Trinajstić information content (AvgIpc) is 3.30. The van der Waals surface area contributed by atoms with Gasteiger partial charge in [0.05, 0.1) is 23.1 Å². The third kappa shape index (κ3) is 3.90. The van der Waals surface area contributed by atoms with Gasteiger partial charge in [-0.3, -0.25) is 0 Å². The lowest BCUT2D eigenvalue weighted by atomic mass is 9.87. The summed E-state index contributed by atoms with van der Waals surface area (Å²) in [5, 5.41) is 20.6. The van der Waals surface area contributed by atoms with Crippen LogP contribution in [0, 0.1) is 5.82 Å². The SMILES string of the molecule is CC1(O)CCCCC1.CNc1nc(N)nn2cc(F)c(-c3ccc4nccn4n3)c12. The van der Waals surface area contributed by atoms with Crippen molar-refractivity contribution in [1.29, 1.82) is 0 Å². The van der Waals surface area contributed by atoms with E-state index in [0.29, 0.717) is 28.2 Å². The number of imidazole rings is 1. The van der Waals surface area contributed by atoms with Crippen molar-refractivity contribution in [2.75, 3.05) is 18.1 Å². The fourth-order valence-electron chi connectivity index (χ4n) is 3.75. The number of aromatic nitrogens is 6. The molecular weight excluding hydrogens is 387 g/mol. The van der Waals surface area contributed by atoms with Gasteiger partial charge in [-0.15, -0.1) is 5.10 Å². The molecule has 9 nitrogen and oxygen atoms in total. The Morgan fingerprint density at radius 3 is 2.60 bits per heavy atom. The van der Waals surface area contributed by atoms with E-state index in [-0.39, 0.29) is 11.5 Å². The first-order chi connectivity index (χ1) is 14.4. The number of aliphatic hydroxyl groups is 1. The second kappa shape index (κ2) is 7.86. The summed E-state index contributed by atoms with van der Waals surface area (Å²) in [6, 6.07) is 3.47. The van der Waals surface area contributed by atoms with Crippen molar-refractivity contribution >= 4 is 22.9 Å². The smallest absolute Gasteiger partial charge is 0.240 e. The van der Waals surface area contributed by atoms with Crippen molar-refractivity contribution < 1.29 is 9.50 Å². The van der Waals surface area contributed by atoms with Gasteiger partial charge in [-0.05, 0) is 31.9 Å². The maximum Gasteiger partial charge on any atom is 0.240 e. The number of hydrogen-bond acceptors (Lipinski definition) is 7. The number of nitrogens with two attached hydrogens (primary N) is 1. The van der Waals surface area contributed by atoms with Gasteiger partial charge in [0.15, 0.2) is 17.3 Å². The summed E-state index contributed by atoms with van der Waals surface area (Å²) >= 11 is 0. The molecule has 1 fully saturated rings. The molecule has 0 spiro atoms. The first-order valence-electron chi connectivity index (χ1n) is 9.93. The Morgan fingerprint density at radius 2 is 1.93 bits per heavy atom. The van der Waals surface area contributed by atoms with E-state index in [4.69, 9.17) is 5.73 Å². The zero-order chi connectivity index (χ0) is 21.3. The van der Waals surface area contributed by atoms with Crippen molar-refractivity contribution in [3.8, 4) is 11.3 Å². The van der Waals surface area contributed by atoms with E-state index in [0.717, 1.165) is 12.8 Å². The summed E-state index contributed by atoms with van der Waals surface area (Å²) in [7, 11) is 1.68. The van der Waals surface area contributed by atoms with E-state index >= 15 is 0 Å². The summed E-state index contributed by atoms with van der Waals surface area (Å²) < 4.78 is 17.4. The van der Waals surface area contributed by atoms with Crippen LogP contribution >= 0.6 is 0 Å². The molecule has 1 saturated carbocycles. The predicted molar refractivity (Wildman–Crippen MR) is 113 cm³/mol. The molecule has 4 aromatic heterocycles. The van der Waals surface area contributed by atoms with Crippen LogP contribution in [0.1, 0.15) is 39.0 Å². The van der Waals surface area contributed by atoms with E-state index < -0.39 is 5.82 Å². The normalized spacial score (nSPS) is 15.7. The zero-order valence-electron chi connectivity index (χ0n) is 17.0. The summed E-state index contributed by atoms with van der Waals surface area (Å²) in [5.74, 6) is 0.0266. The van der Waals surface area contributed by atoms with Crippen molar-refractivity contribution in [1.82, 2.24) is 29.2 Å². The maximum atomic E-state index is 14.4. The van der Waals surface area contributed by atoms with Crippen LogP contribution in [0.5, 0.6) is 0 Å². The van der Waals surface area contributed by atoms with Gasteiger partial charge in [0, 0.05) is 19.4 Å². The molecule has 0 bridgehead atoms. The summed E-state index contributed by atoms with van der Waals surface area (Å²) in [4.78, 5) is 8.21. The predicted octanol–water partition coefficient (Wildman–Crippen LogP) is 2.90. The first kappa shape index (κ1) is 20.0. The molecule has 0 aliphatic heterocycles. The molecular formula is C20H25FN8O. The minimum absolute atomic E-state index is 0.0522. The van der Waals surface area contributed by atoms with Gasteiger partial charge in [-0.25, -0.2) is 18.4 Å². The molecule has 10 heteroatoms. The standard InChI is InChI=1S/C13H11FN8.C7H14O/c1-16-12-11-10(7(14)6-22(11)20-13(15)18-12)8-2-3-9-17-4-5-21(9)19-8;1-7(8)5-3-2-4-6-7/h2-6H,1H3,(H3,15,16,18,20);8H,2-6H2,1H3. The van der Waals surface area contributed by atoms with Crippen molar-refractivity contribution in [3.05, 3.63) is 36.5 Å². The monoisotopic (exact) mass is 412 g/mol. The number of halogens is 1. The molecule has 30 heavy (non-hydrogen) atoms. The third-order valence-electron chi connectivity index (χ3n) is 5.28. The lowest BCUT2D eigenvalue weighted by Crippen LogP contribution is -2.26. The van der Waals surface area contributed by atoms with Gasteiger partial charge < -0.3 is 16.2 Å². The molecule has 4 heterocycles. The van der Waals surface area contributed by atoms with Crippen LogP contribution in [-0.4, -0.2) is 47.0 Å². The highest BCUT2D eigenvalue weighted by molar-refractivity contribution is 5.87. The topological polar surface area (TPSA) is 119 Å². The van der Waals surface area contributed by atoms with Crippen LogP contribution in [0.2, 0.25) is 0 Å². The lowest BCUT2D eigenvalue weighted by Gasteiger charge is -2.27. The van der Waals surface area contributed by atoms with Crippen LogP contribution in [0.4, 0.5) is 16.2 Å². The van der Waals surface area contributed by atoms with Gasteiger partial charge in [-0.2, -0.15) is 10.1 Å². The van der Waals surface area contributed by atoms with E-state index in [2.05, 4.69) is 25.5 Å². The van der Waals surface area contributed by atoms with Crippen LogP contribution in [0.3, 0.4) is 0 Å². The van der Waals surface area contributed by atoms with Crippen LogP contribution in [0.15, 0.2) is 30.7 Å². The van der Waals surface area contributed by atoms with Gasteiger partial charge in [0.2, 0.25) is 5.95 Å². The van der Waals surface area contributed by atoms with Crippen molar-refractivity contribution in [2.45, 2.75) is 44.6 Å². The Morgan fingerprint density at radius 1 is 1.17 bits per heavy atom. The number of rotatable bonds is 2. The number of fused-ring (bicyclic) bond motifs is 2. The second-order valence-electron chi connectivity index (χ2n) is 7.72. The van der Waals surface area contributed by atoms with Gasteiger partial charge in [-0.1, -0.05) is 19.3 Å². The van der Waals surface area contributed by atoms with Gasteiger partial charge >= 0.3 is 0 Å². The summed E-state index contributed by atoms with van der Waals surface area (Å²) in [6.07, 6.45) is 10.3. The minimum atomic E-state index is -0.455. The van der Waals surface area contributed by atoms with Crippen LogP contribution < -0.4 is 11.1 Å². The number of nitrogen functional groups attached to an aromatic ring is 1. The Balaban J connectivity index is 0.000000230. The fourth-order valence-corrected chi connectivity index (χ4v) is 3.75. The van der Waals surface area contributed by atoms with E-state index in [9.17, 15) is 9.50 Å². The molecule has 0 atom stereocenters. The zero-order valence-corrected chi connectivity index (χ0v) is 17.0. The minimum Gasteiger partial charge on any atom is -0.390 e. The highest BCUT2D eigenvalue weighted by Crippen LogP contribution is 2.31. The number of anilines is 2. The Kier molecular flexibility index (Phi) is 5.25. The highest BCUT2D eigenvalue weighted by Gasteiger charge is 2.22. The number of nitrogens with one attached hydrogen (secondary N) is 1. The largest absolute Gasteiger partial charge is 0.390 e. The maximum absolute atomic E-state index is 14.4. The van der Waals surface area contributed by atoms with E-state index in [1.54, 1.807) is 36.1 Å². The van der Waals surface area contributed by atoms with Gasteiger partial charge in [0.1, 0.15) is 5.52 Å². The summed E-state index contributed by atoms with van der Waals surface area (Å²) in [6.45, 7) is 1.94. The third-order valence-corrected chi connectivity index (χ3v) is 5.28. The molecule has 4 aromatic rings. The van der Waals surface area contributed by atoms with E-state index in [1.807, 2.05) is 6.92 Å². The molecule has 0 aromatic carbocycles. The number of nitrogens with zero attached hydrogens (tertiary/aromatic N) is 6. The molecule has 1 aliphatic rings. The molecule has 0 radical (unpaired) electrons. The Hall–Kier alpha value is -3.27. The van der Waals surface area contributed by atoms with E-state index in [1.165, 1.54) is 30.0 Å². The second-order valence-corrected chi connectivity index (χ2v) is 7.72. The molecule has 0 unspecified atom stereocenters. The molecule has 0 amide bonds. The summed E-state index contributed by atoms with van der Waals surface area (Å²) in [5.41, 5.74) is 7.22. The quantitative estimate of drug-likeness (QED) is 0.463. The first-order valence-corrected chi connectivity index (χ1v) is 9.93. The van der Waals surface area contributed by atoms with Crippen LogP contribution in [0.25, 0.3) is 22.4 Å². The van der Waals surface area contributed by atoms with Gasteiger partial charge in [0.25, 0.3) is 0 Å². The molecule has 158 valence electrons. The highest BCUT2D eigenvalue weighted by atomic mass is 19.1. The fraction of sp³-hybridized carbons (Fsp3) is 0.400. The molecule has 5 rings (SSSR count). The average molecular weight is 412 g/mol. The van der Waals surface area contributed by atoms with Crippen LogP contribution in [-0.2, 0) is 0 Å². The molecule has 1 aliphatic carbocycles. The molecule has 0 saturated heterocycles.